The van der Waals surface area contributed by atoms with E-state index in [0.29, 0.717) is 13.0 Å². The second-order valence-corrected chi connectivity index (χ2v) is 6.64. The van der Waals surface area contributed by atoms with Crippen LogP contribution < -0.4 is 10.6 Å². The lowest BCUT2D eigenvalue weighted by Crippen LogP contribution is -2.37. The lowest BCUT2D eigenvalue weighted by atomic mass is 10.1. The minimum atomic E-state index is -0.122. The van der Waals surface area contributed by atoms with Gasteiger partial charge in [0.1, 0.15) is 5.01 Å². The van der Waals surface area contributed by atoms with Crippen LogP contribution in [0.5, 0.6) is 0 Å². The van der Waals surface area contributed by atoms with Gasteiger partial charge in [0.2, 0.25) is 0 Å². The molecule has 0 unspecified atom stereocenters. The summed E-state index contributed by atoms with van der Waals surface area (Å²) in [7, 11) is 1.43. The molecule has 8 heteroatoms. The highest BCUT2D eigenvalue weighted by Crippen LogP contribution is 2.13. The number of aliphatic imine (C=N–C) groups is 1. The number of hydrogen-bond donors (Lipinski definition) is 2. The molecule has 25 heavy (non-hydrogen) atoms. The maximum Gasteiger partial charge on any atom is 0.305 e. The Morgan fingerprint density at radius 2 is 2.00 bits per heavy atom. The van der Waals surface area contributed by atoms with E-state index in [2.05, 4.69) is 39.2 Å². The molecule has 0 spiro atoms. The normalized spacial score (nSPS) is 10.9. The van der Waals surface area contributed by atoms with Crippen LogP contribution in [0.15, 0.2) is 11.2 Å². The molecule has 0 radical (unpaired) electrons. The number of ether oxygens (including phenoxy) is 1. The van der Waals surface area contributed by atoms with Crippen LogP contribution in [0.1, 0.15) is 55.8 Å². The predicted octanol–water partition coefficient (Wildman–Crippen LogP) is 3.50. The summed E-state index contributed by atoms with van der Waals surface area (Å²) >= 11 is 1.72. The molecule has 6 nitrogen and oxygen atoms in total. The van der Waals surface area contributed by atoms with Gasteiger partial charge in [-0.3, -0.25) is 4.79 Å². The van der Waals surface area contributed by atoms with Gasteiger partial charge in [-0.1, -0.05) is 19.8 Å². The molecule has 0 aliphatic carbocycles. The van der Waals surface area contributed by atoms with Crippen LogP contribution in [-0.4, -0.2) is 37.1 Å². The van der Waals surface area contributed by atoms with Crippen LogP contribution in [-0.2, 0) is 22.5 Å². The molecule has 0 bridgehead atoms. The van der Waals surface area contributed by atoms with E-state index in [4.69, 9.17) is 0 Å². The first-order valence-electron chi connectivity index (χ1n) is 8.72. The Morgan fingerprint density at radius 1 is 1.24 bits per heavy atom. The van der Waals surface area contributed by atoms with Crippen LogP contribution in [0.4, 0.5) is 0 Å². The SMILES string of the molecule is CCNC(=NCc1ncc(CC)s1)NCCCCCCC(=O)OC.I. The zero-order valence-electron chi connectivity index (χ0n) is 15.5. The number of aryl methyl sites for hydroxylation is 1. The zero-order valence-corrected chi connectivity index (χ0v) is 18.6. The fourth-order valence-electron chi connectivity index (χ4n) is 2.13. The Balaban J connectivity index is 0.00000576. The molecule has 0 saturated carbocycles. The molecule has 0 aromatic carbocycles. The summed E-state index contributed by atoms with van der Waals surface area (Å²) in [6.07, 6.45) is 7.56. The number of hydrogen-bond acceptors (Lipinski definition) is 5. The number of unbranched alkanes of at least 4 members (excludes halogenated alkanes) is 3. The quantitative estimate of drug-likeness (QED) is 0.166. The van der Waals surface area contributed by atoms with E-state index in [9.17, 15) is 4.79 Å². The Labute approximate surface area is 172 Å². The molecule has 0 fully saturated rings. The molecule has 2 N–H and O–H groups in total. The molecule has 0 amide bonds. The van der Waals surface area contributed by atoms with Crippen LogP contribution in [0.25, 0.3) is 0 Å². The fourth-order valence-corrected chi connectivity index (χ4v) is 2.92. The highest BCUT2D eigenvalue weighted by Gasteiger charge is 2.02. The molecule has 1 rings (SSSR count). The first-order valence-corrected chi connectivity index (χ1v) is 9.53. The highest BCUT2D eigenvalue weighted by molar-refractivity contribution is 14.0. The first kappa shape index (κ1) is 24.1. The summed E-state index contributed by atoms with van der Waals surface area (Å²) in [5, 5.41) is 7.65. The molecular formula is C17H31IN4O2S. The summed E-state index contributed by atoms with van der Waals surface area (Å²) in [5.74, 6) is 0.711. The van der Waals surface area contributed by atoms with Crippen molar-refractivity contribution in [1.82, 2.24) is 15.6 Å². The van der Waals surface area contributed by atoms with Gasteiger partial charge in [0, 0.05) is 30.6 Å². The summed E-state index contributed by atoms with van der Waals surface area (Å²) in [5.41, 5.74) is 0. The summed E-state index contributed by atoms with van der Waals surface area (Å²) in [6.45, 7) is 6.52. The van der Waals surface area contributed by atoms with Crippen LogP contribution in [0.2, 0.25) is 0 Å². The van der Waals surface area contributed by atoms with Crippen LogP contribution in [0.3, 0.4) is 0 Å². The zero-order chi connectivity index (χ0) is 17.6. The molecule has 0 atom stereocenters. The van der Waals surface area contributed by atoms with Crippen molar-refractivity contribution in [3.05, 3.63) is 16.1 Å². The molecule has 0 aliphatic rings. The van der Waals surface area contributed by atoms with Gasteiger partial charge in [-0.2, -0.15) is 0 Å². The number of methoxy groups -OCH3 is 1. The monoisotopic (exact) mass is 482 g/mol. The van der Waals surface area contributed by atoms with Crippen molar-refractivity contribution in [3.8, 4) is 0 Å². The molecule has 1 aromatic heterocycles. The predicted molar refractivity (Wildman–Crippen MR) is 115 cm³/mol. The molecule has 1 aromatic rings. The Morgan fingerprint density at radius 3 is 2.64 bits per heavy atom. The average Bonchev–Trinajstić information content (AvgIpc) is 3.06. The number of nitrogens with one attached hydrogen (secondary N) is 2. The summed E-state index contributed by atoms with van der Waals surface area (Å²) in [4.78, 5) is 21.3. The highest BCUT2D eigenvalue weighted by atomic mass is 127. The van der Waals surface area contributed by atoms with E-state index in [-0.39, 0.29) is 29.9 Å². The number of esters is 1. The Bertz CT molecular complexity index is 509. The number of halogens is 1. The maximum absolute atomic E-state index is 11.0. The van der Waals surface area contributed by atoms with E-state index < -0.39 is 0 Å². The number of carbonyl (C=O) groups is 1. The van der Waals surface area contributed by atoms with Crippen molar-refractivity contribution >= 4 is 47.2 Å². The molecule has 144 valence electrons. The van der Waals surface area contributed by atoms with Crippen LogP contribution >= 0.6 is 35.3 Å². The van der Waals surface area contributed by atoms with Gasteiger partial charge >= 0.3 is 5.97 Å². The lowest BCUT2D eigenvalue weighted by Gasteiger charge is -2.10. The smallest absolute Gasteiger partial charge is 0.305 e. The van der Waals surface area contributed by atoms with E-state index in [1.165, 1.54) is 12.0 Å². The van der Waals surface area contributed by atoms with Crippen molar-refractivity contribution in [1.29, 1.82) is 0 Å². The number of rotatable bonds is 11. The van der Waals surface area contributed by atoms with Crippen molar-refractivity contribution in [2.24, 2.45) is 4.99 Å². The average molecular weight is 482 g/mol. The van der Waals surface area contributed by atoms with Gasteiger partial charge in [0.05, 0.1) is 13.7 Å². The van der Waals surface area contributed by atoms with E-state index in [0.717, 1.165) is 56.2 Å². The van der Waals surface area contributed by atoms with Gasteiger partial charge < -0.3 is 15.4 Å². The number of thiazole rings is 1. The lowest BCUT2D eigenvalue weighted by molar-refractivity contribution is -0.140. The van der Waals surface area contributed by atoms with Crippen molar-refractivity contribution in [3.63, 3.8) is 0 Å². The number of aromatic nitrogens is 1. The van der Waals surface area contributed by atoms with Gasteiger partial charge in [0.25, 0.3) is 0 Å². The Kier molecular flexibility index (Phi) is 14.8. The van der Waals surface area contributed by atoms with Gasteiger partial charge in [-0.05, 0) is 26.2 Å². The van der Waals surface area contributed by atoms with Crippen molar-refractivity contribution in [2.45, 2.75) is 58.9 Å². The largest absolute Gasteiger partial charge is 0.469 e. The standard InChI is InChI=1S/C17H30N4O2S.HI/c1-4-14-12-20-15(24-14)13-21-17(18-5-2)19-11-9-7-6-8-10-16(22)23-3;/h12H,4-11,13H2,1-3H3,(H2,18,19,21);1H. The summed E-state index contributed by atoms with van der Waals surface area (Å²) in [6, 6.07) is 0. The van der Waals surface area contributed by atoms with E-state index in [1.54, 1.807) is 11.3 Å². The third kappa shape index (κ3) is 11.4. The topological polar surface area (TPSA) is 75.6 Å². The van der Waals surface area contributed by atoms with Gasteiger partial charge in [-0.25, -0.2) is 9.98 Å². The fraction of sp³-hybridized carbons (Fsp3) is 0.706. The minimum absolute atomic E-state index is 0. The second kappa shape index (κ2) is 15.4. The van der Waals surface area contributed by atoms with Gasteiger partial charge in [0.15, 0.2) is 5.96 Å². The number of nitrogens with zero attached hydrogens (tertiary/aromatic N) is 2. The minimum Gasteiger partial charge on any atom is -0.469 e. The number of carbonyl (C=O) groups excluding carboxylic acids is 1. The molecule has 0 saturated heterocycles. The number of guanidine groups is 1. The van der Waals surface area contributed by atoms with Gasteiger partial charge in [-0.15, -0.1) is 35.3 Å². The third-order valence-electron chi connectivity index (χ3n) is 3.49. The maximum atomic E-state index is 11.0. The second-order valence-electron chi connectivity index (χ2n) is 5.44. The van der Waals surface area contributed by atoms with E-state index in [1.807, 2.05) is 6.20 Å². The van der Waals surface area contributed by atoms with E-state index >= 15 is 0 Å². The van der Waals surface area contributed by atoms with Crippen LogP contribution in [0, 0.1) is 0 Å². The molecule has 1 heterocycles. The molecule has 0 aliphatic heterocycles. The Hall–Kier alpha value is -0.900. The summed E-state index contributed by atoms with van der Waals surface area (Å²) < 4.78 is 4.63. The molecular weight excluding hydrogens is 451 g/mol. The van der Waals surface area contributed by atoms with Crippen molar-refractivity contribution in [2.75, 3.05) is 20.2 Å². The third-order valence-corrected chi connectivity index (χ3v) is 4.62. The van der Waals surface area contributed by atoms with Crippen molar-refractivity contribution < 1.29 is 9.53 Å². The first-order chi connectivity index (χ1) is 11.7.